The van der Waals surface area contributed by atoms with E-state index in [-0.39, 0.29) is 0 Å². The first-order chi connectivity index (χ1) is 9.56. The maximum Gasteiger partial charge on any atom is 0.128 e. The van der Waals surface area contributed by atoms with Crippen LogP contribution in [0.2, 0.25) is 0 Å². The van der Waals surface area contributed by atoms with Gasteiger partial charge in [-0.2, -0.15) is 0 Å². The first-order valence-electron chi connectivity index (χ1n) is 7.23. The fraction of sp³-hybridized carbons (Fsp3) is 0.471. The second-order valence-corrected chi connectivity index (χ2v) is 6.24. The molecular weight excluding hydrogens is 248 g/mol. The molecule has 2 rings (SSSR count). The summed E-state index contributed by atoms with van der Waals surface area (Å²) in [5.74, 6) is 0.910. The van der Waals surface area contributed by atoms with Crippen molar-refractivity contribution in [2.24, 2.45) is 5.41 Å². The predicted octanol–water partition coefficient (Wildman–Crippen LogP) is 3.64. The second-order valence-electron chi connectivity index (χ2n) is 6.24. The number of ether oxygens (including phenoxy) is 1. The Morgan fingerprint density at radius 3 is 2.75 bits per heavy atom. The number of nitrogens with one attached hydrogen (secondary N) is 1. The van der Waals surface area contributed by atoms with Crippen molar-refractivity contribution in [2.45, 2.75) is 27.2 Å². The highest BCUT2D eigenvalue weighted by Crippen LogP contribution is 2.23. The monoisotopic (exact) mass is 272 g/mol. The number of rotatable bonds is 6. The molecule has 2 aromatic rings. The summed E-state index contributed by atoms with van der Waals surface area (Å²) in [5, 5.41) is 4.49. The molecule has 0 aliphatic heterocycles. The molecule has 0 unspecified atom stereocenters. The summed E-state index contributed by atoms with van der Waals surface area (Å²) in [4.78, 5) is 4.33. The summed E-state index contributed by atoms with van der Waals surface area (Å²) in [6, 6.07) is 9.97. The fourth-order valence-corrected chi connectivity index (χ4v) is 2.02. The maximum atomic E-state index is 5.85. The van der Waals surface area contributed by atoms with Crippen LogP contribution < -0.4 is 10.1 Å². The quantitative estimate of drug-likeness (QED) is 0.815. The van der Waals surface area contributed by atoms with Crippen LogP contribution in [0, 0.1) is 5.41 Å². The second kappa shape index (κ2) is 6.71. The zero-order valence-electron chi connectivity index (χ0n) is 12.6. The average molecular weight is 272 g/mol. The number of fused-ring (bicyclic) bond motifs is 1. The molecule has 0 aliphatic carbocycles. The van der Waals surface area contributed by atoms with Gasteiger partial charge in [-0.05, 0) is 42.6 Å². The van der Waals surface area contributed by atoms with Gasteiger partial charge < -0.3 is 10.1 Å². The van der Waals surface area contributed by atoms with Crippen molar-refractivity contribution in [2.75, 3.05) is 19.7 Å². The van der Waals surface area contributed by atoms with Gasteiger partial charge in [0.1, 0.15) is 12.4 Å². The molecule has 20 heavy (non-hydrogen) atoms. The van der Waals surface area contributed by atoms with Crippen LogP contribution >= 0.6 is 0 Å². The van der Waals surface area contributed by atoms with E-state index in [2.05, 4.69) is 31.1 Å². The Hall–Kier alpha value is -1.61. The molecule has 1 aromatic carbocycles. The van der Waals surface area contributed by atoms with Gasteiger partial charge in [0.25, 0.3) is 0 Å². The lowest BCUT2D eigenvalue weighted by molar-refractivity contribution is 0.307. The molecule has 3 nitrogen and oxygen atoms in total. The van der Waals surface area contributed by atoms with E-state index in [0.29, 0.717) is 12.0 Å². The molecule has 0 aliphatic rings. The van der Waals surface area contributed by atoms with Gasteiger partial charge in [0.2, 0.25) is 0 Å². The van der Waals surface area contributed by atoms with Gasteiger partial charge in [-0.3, -0.25) is 4.98 Å². The van der Waals surface area contributed by atoms with Gasteiger partial charge in [-0.25, -0.2) is 0 Å². The summed E-state index contributed by atoms with van der Waals surface area (Å²) in [6.07, 6.45) is 2.98. The molecule has 0 saturated carbocycles. The van der Waals surface area contributed by atoms with Crippen LogP contribution in [0.3, 0.4) is 0 Å². The third-order valence-corrected chi connectivity index (χ3v) is 3.19. The summed E-state index contributed by atoms with van der Waals surface area (Å²) in [7, 11) is 0. The number of nitrogens with zero attached hydrogens (tertiary/aromatic N) is 1. The maximum absolute atomic E-state index is 5.85. The topological polar surface area (TPSA) is 34.1 Å². The summed E-state index contributed by atoms with van der Waals surface area (Å²) >= 11 is 0. The van der Waals surface area contributed by atoms with Crippen molar-refractivity contribution >= 4 is 10.9 Å². The number of hydrogen-bond donors (Lipinski definition) is 1. The van der Waals surface area contributed by atoms with E-state index in [1.165, 1.54) is 6.42 Å². The molecule has 0 atom stereocenters. The molecule has 0 amide bonds. The van der Waals surface area contributed by atoms with Gasteiger partial charge in [0.05, 0.1) is 5.52 Å². The molecular formula is C17H24N2O. The van der Waals surface area contributed by atoms with Crippen molar-refractivity contribution in [3.8, 4) is 5.75 Å². The number of pyridine rings is 1. The molecule has 0 spiro atoms. The minimum Gasteiger partial charge on any atom is -0.492 e. The molecule has 0 radical (unpaired) electrons. The summed E-state index contributed by atoms with van der Waals surface area (Å²) in [5.41, 5.74) is 1.36. The first kappa shape index (κ1) is 14.8. The largest absolute Gasteiger partial charge is 0.492 e. The van der Waals surface area contributed by atoms with E-state index in [1.807, 2.05) is 30.3 Å². The lowest BCUT2D eigenvalue weighted by Gasteiger charge is -2.18. The van der Waals surface area contributed by atoms with Gasteiger partial charge in [0, 0.05) is 18.1 Å². The molecule has 108 valence electrons. The van der Waals surface area contributed by atoms with Gasteiger partial charge in [-0.15, -0.1) is 0 Å². The average Bonchev–Trinajstić information content (AvgIpc) is 2.41. The Morgan fingerprint density at radius 2 is 1.95 bits per heavy atom. The Kier molecular flexibility index (Phi) is 4.96. The van der Waals surface area contributed by atoms with Crippen LogP contribution in [-0.4, -0.2) is 24.7 Å². The smallest absolute Gasteiger partial charge is 0.128 e. The van der Waals surface area contributed by atoms with E-state index < -0.39 is 0 Å². The van der Waals surface area contributed by atoms with Gasteiger partial charge >= 0.3 is 0 Å². The van der Waals surface area contributed by atoms with Crippen molar-refractivity contribution in [1.82, 2.24) is 10.3 Å². The number of hydrogen-bond acceptors (Lipinski definition) is 3. The van der Waals surface area contributed by atoms with E-state index in [4.69, 9.17) is 4.74 Å². The Balaban J connectivity index is 1.79. The third kappa shape index (κ3) is 4.49. The van der Waals surface area contributed by atoms with E-state index >= 15 is 0 Å². The minimum absolute atomic E-state index is 0.384. The van der Waals surface area contributed by atoms with Crippen LogP contribution in [0.15, 0.2) is 36.5 Å². The van der Waals surface area contributed by atoms with E-state index in [0.717, 1.165) is 29.7 Å². The lowest BCUT2D eigenvalue weighted by Crippen LogP contribution is -2.25. The Morgan fingerprint density at radius 1 is 1.10 bits per heavy atom. The summed E-state index contributed by atoms with van der Waals surface area (Å²) in [6.45, 7) is 9.35. The SMILES string of the molecule is CC(C)(C)CCNCCOc1cccc2ncccc12. The van der Waals surface area contributed by atoms with E-state index in [1.54, 1.807) is 6.20 Å². The number of aromatic nitrogens is 1. The van der Waals surface area contributed by atoms with Gasteiger partial charge in [-0.1, -0.05) is 26.8 Å². The van der Waals surface area contributed by atoms with Crippen LogP contribution in [0.25, 0.3) is 10.9 Å². The normalized spacial score (nSPS) is 11.8. The van der Waals surface area contributed by atoms with Crippen LogP contribution in [0.5, 0.6) is 5.75 Å². The van der Waals surface area contributed by atoms with Gasteiger partial charge in [0.15, 0.2) is 0 Å². The first-order valence-corrected chi connectivity index (χ1v) is 7.23. The molecule has 1 aromatic heterocycles. The molecule has 0 saturated heterocycles. The highest BCUT2D eigenvalue weighted by atomic mass is 16.5. The van der Waals surface area contributed by atoms with Crippen LogP contribution in [-0.2, 0) is 0 Å². The molecule has 0 bridgehead atoms. The fourth-order valence-electron chi connectivity index (χ4n) is 2.02. The van der Waals surface area contributed by atoms with Crippen LogP contribution in [0.4, 0.5) is 0 Å². The van der Waals surface area contributed by atoms with E-state index in [9.17, 15) is 0 Å². The van der Waals surface area contributed by atoms with Crippen molar-refractivity contribution < 1.29 is 4.74 Å². The Labute approximate surface area is 121 Å². The zero-order chi connectivity index (χ0) is 14.4. The van der Waals surface area contributed by atoms with Crippen molar-refractivity contribution in [3.63, 3.8) is 0 Å². The molecule has 3 heteroatoms. The molecule has 1 N–H and O–H groups in total. The highest BCUT2D eigenvalue weighted by molar-refractivity contribution is 5.84. The molecule has 1 heterocycles. The highest BCUT2D eigenvalue weighted by Gasteiger charge is 2.08. The summed E-state index contributed by atoms with van der Waals surface area (Å²) < 4.78 is 5.85. The standard InChI is InChI=1S/C17H24N2O/c1-17(2,3)9-11-18-12-13-20-16-8-4-7-15-14(16)6-5-10-19-15/h4-8,10,18H,9,11-13H2,1-3H3. The lowest BCUT2D eigenvalue weighted by atomic mass is 9.92. The Bertz CT molecular complexity index is 541. The van der Waals surface area contributed by atoms with Crippen LogP contribution in [0.1, 0.15) is 27.2 Å². The van der Waals surface area contributed by atoms with Crippen molar-refractivity contribution in [1.29, 1.82) is 0 Å². The molecule has 0 fully saturated rings. The van der Waals surface area contributed by atoms with Crippen molar-refractivity contribution in [3.05, 3.63) is 36.5 Å². The third-order valence-electron chi connectivity index (χ3n) is 3.19. The zero-order valence-corrected chi connectivity index (χ0v) is 12.6. The predicted molar refractivity (Wildman–Crippen MR) is 84.2 cm³/mol. The minimum atomic E-state index is 0.384. The number of benzene rings is 1.